The van der Waals surface area contributed by atoms with Crippen molar-refractivity contribution in [3.8, 4) is 0 Å². The second kappa shape index (κ2) is 9.77. The van der Waals surface area contributed by atoms with Gasteiger partial charge in [0.2, 0.25) is 11.9 Å². The van der Waals surface area contributed by atoms with E-state index in [1.54, 1.807) is 4.68 Å². The molecule has 0 unspecified atom stereocenters. The van der Waals surface area contributed by atoms with Crippen LogP contribution in [0.4, 0.5) is 5.95 Å². The van der Waals surface area contributed by atoms with Crippen LogP contribution in [0, 0.1) is 5.92 Å². The second-order valence-corrected chi connectivity index (χ2v) is 10.1. The fourth-order valence-electron chi connectivity index (χ4n) is 5.73. The van der Waals surface area contributed by atoms with Crippen LogP contribution in [-0.2, 0) is 24.8 Å². The molecule has 3 aromatic rings. The maximum Gasteiger partial charge on any atom is 0.227 e. The Morgan fingerprint density at radius 1 is 1.14 bits per heavy atom. The summed E-state index contributed by atoms with van der Waals surface area (Å²) in [4.78, 5) is 27.9. The van der Waals surface area contributed by atoms with Gasteiger partial charge in [0.25, 0.3) is 0 Å². The fourth-order valence-corrected chi connectivity index (χ4v) is 5.73. The van der Waals surface area contributed by atoms with Crippen molar-refractivity contribution in [1.29, 1.82) is 0 Å². The van der Waals surface area contributed by atoms with Crippen LogP contribution in [-0.4, -0.2) is 61.6 Å². The van der Waals surface area contributed by atoms with Crippen LogP contribution in [0.3, 0.4) is 0 Å². The number of likely N-dealkylation sites (tertiary alicyclic amines) is 1. The van der Waals surface area contributed by atoms with Crippen LogP contribution >= 0.6 is 0 Å². The summed E-state index contributed by atoms with van der Waals surface area (Å²) in [7, 11) is 4.05. The Hall–Kier alpha value is -3.26. The number of aryl methyl sites for hydroxylation is 1. The summed E-state index contributed by atoms with van der Waals surface area (Å²) in [5.41, 5.74) is 4.25. The van der Waals surface area contributed by atoms with Crippen molar-refractivity contribution in [1.82, 2.24) is 29.5 Å². The molecular formula is C27H35N7O. The van der Waals surface area contributed by atoms with Crippen LogP contribution < -0.4 is 5.32 Å². The predicted molar refractivity (Wildman–Crippen MR) is 136 cm³/mol. The molecule has 0 radical (unpaired) electrons. The quantitative estimate of drug-likeness (QED) is 0.612. The molecule has 2 aliphatic heterocycles. The van der Waals surface area contributed by atoms with E-state index in [2.05, 4.69) is 70.4 Å². The summed E-state index contributed by atoms with van der Waals surface area (Å²) in [5.74, 6) is 0.997. The molecule has 1 saturated heterocycles. The lowest BCUT2D eigenvalue weighted by Crippen LogP contribution is -2.51. The number of carbonyl (C=O) groups is 1. The van der Waals surface area contributed by atoms with Crippen molar-refractivity contribution >= 4 is 11.9 Å². The monoisotopic (exact) mass is 473 g/mol. The molecule has 0 saturated carbocycles. The van der Waals surface area contributed by atoms with Gasteiger partial charge in [-0.15, -0.1) is 0 Å². The van der Waals surface area contributed by atoms with Crippen molar-refractivity contribution in [2.75, 3.05) is 25.5 Å². The zero-order valence-electron chi connectivity index (χ0n) is 21.1. The summed E-state index contributed by atoms with van der Waals surface area (Å²) in [6.07, 6.45) is 5.48. The van der Waals surface area contributed by atoms with E-state index in [1.165, 1.54) is 5.56 Å². The van der Waals surface area contributed by atoms with Gasteiger partial charge in [0, 0.05) is 43.9 Å². The summed E-state index contributed by atoms with van der Waals surface area (Å²) in [5, 5.41) is 7.69. The Kier molecular flexibility index (Phi) is 6.56. The molecule has 1 aromatic carbocycles. The third-order valence-corrected chi connectivity index (χ3v) is 7.51. The topological polar surface area (TPSA) is 79.2 Å². The number of fused-ring (bicyclic) bond motifs is 1. The molecule has 0 spiro atoms. The van der Waals surface area contributed by atoms with E-state index in [0.717, 1.165) is 42.9 Å². The fraction of sp³-hybridized carbons (Fsp3) is 0.481. The molecule has 0 aliphatic carbocycles. The van der Waals surface area contributed by atoms with Gasteiger partial charge >= 0.3 is 0 Å². The van der Waals surface area contributed by atoms with Gasteiger partial charge in [0.15, 0.2) is 0 Å². The van der Waals surface area contributed by atoms with Gasteiger partial charge in [0.05, 0.1) is 24.0 Å². The molecular weight excluding hydrogens is 438 g/mol. The number of nitrogens with one attached hydrogen (secondary N) is 1. The molecule has 35 heavy (non-hydrogen) atoms. The van der Waals surface area contributed by atoms with Gasteiger partial charge in [-0.3, -0.25) is 9.48 Å². The molecule has 2 aliphatic rings. The number of nitrogens with zero attached hydrogens (tertiary/aromatic N) is 6. The number of hydrogen-bond acceptors (Lipinski definition) is 6. The largest absolute Gasteiger partial charge is 0.348 e. The first kappa shape index (κ1) is 23.5. The smallest absolute Gasteiger partial charge is 0.227 e. The number of rotatable bonds is 5. The van der Waals surface area contributed by atoms with E-state index < -0.39 is 0 Å². The molecule has 184 valence electrons. The van der Waals surface area contributed by atoms with Gasteiger partial charge in [-0.1, -0.05) is 30.3 Å². The molecule has 5 rings (SSSR count). The summed E-state index contributed by atoms with van der Waals surface area (Å²) in [6.45, 7) is 6.65. The summed E-state index contributed by atoms with van der Waals surface area (Å²) in [6, 6.07) is 12.5. The number of benzene rings is 1. The number of aromatic nitrogens is 4. The number of anilines is 1. The molecule has 1 N–H and O–H groups in total. The lowest BCUT2D eigenvalue weighted by atomic mass is 9.79. The first-order valence-electron chi connectivity index (χ1n) is 12.5. The van der Waals surface area contributed by atoms with Crippen LogP contribution in [0.5, 0.6) is 0 Å². The zero-order valence-corrected chi connectivity index (χ0v) is 21.1. The standard InChI is InChI=1S/C27H35N7O/c1-18-14-21-15-28-27(29-16-22-10-13-33(4)31-22)30-25(21)19(2)34(18)26(35)23-11-12-32(3)17-24(23)20-8-6-5-7-9-20/h5-10,13,15,18-19,23-24H,11-12,14,16-17H2,1-4H3,(H,28,29,30)/t18-,19-,23+,24-/m1/s1. The van der Waals surface area contributed by atoms with Crippen LogP contribution in [0.1, 0.15) is 54.7 Å². The van der Waals surface area contributed by atoms with E-state index in [-0.39, 0.29) is 29.8 Å². The zero-order chi connectivity index (χ0) is 24.5. The van der Waals surface area contributed by atoms with E-state index in [4.69, 9.17) is 4.98 Å². The SMILES string of the molecule is C[C@@H]1Cc2cnc(NCc3ccn(C)n3)nc2[C@@H](C)N1C(=O)[C@H]1CCN(C)C[C@@H]1c1ccccc1. The van der Waals surface area contributed by atoms with Crippen molar-refractivity contribution < 1.29 is 4.79 Å². The Morgan fingerprint density at radius 2 is 1.94 bits per heavy atom. The maximum atomic E-state index is 14.1. The molecule has 1 fully saturated rings. The molecule has 4 heterocycles. The number of amides is 1. The summed E-state index contributed by atoms with van der Waals surface area (Å²) < 4.78 is 1.78. The Balaban J connectivity index is 1.37. The van der Waals surface area contributed by atoms with Gasteiger partial charge in [-0.05, 0) is 57.5 Å². The highest BCUT2D eigenvalue weighted by Crippen LogP contribution is 2.38. The minimum atomic E-state index is -0.101. The lowest BCUT2D eigenvalue weighted by molar-refractivity contribution is -0.143. The average Bonchev–Trinajstić information content (AvgIpc) is 3.28. The van der Waals surface area contributed by atoms with E-state index in [0.29, 0.717) is 12.5 Å². The van der Waals surface area contributed by atoms with Gasteiger partial charge in [0.1, 0.15) is 0 Å². The summed E-state index contributed by atoms with van der Waals surface area (Å²) >= 11 is 0. The first-order chi connectivity index (χ1) is 16.9. The predicted octanol–water partition coefficient (Wildman–Crippen LogP) is 3.39. The second-order valence-electron chi connectivity index (χ2n) is 10.1. The maximum absolute atomic E-state index is 14.1. The minimum Gasteiger partial charge on any atom is -0.348 e. The van der Waals surface area contributed by atoms with Crippen LogP contribution in [0.15, 0.2) is 48.8 Å². The highest BCUT2D eigenvalue weighted by Gasteiger charge is 2.41. The van der Waals surface area contributed by atoms with Crippen molar-refractivity contribution in [3.63, 3.8) is 0 Å². The molecule has 0 bridgehead atoms. The van der Waals surface area contributed by atoms with Gasteiger partial charge in [-0.25, -0.2) is 9.97 Å². The van der Waals surface area contributed by atoms with E-state index >= 15 is 0 Å². The Labute approximate surface area is 207 Å². The Bertz CT molecular complexity index is 1180. The third-order valence-electron chi connectivity index (χ3n) is 7.51. The molecule has 2 aromatic heterocycles. The minimum absolute atomic E-state index is 0.0244. The molecule has 1 amide bonds. The number of hydrogen-bond donors (Lipinski definition) is 1. The highest BCUT2D eigenvalue weighted by atomic mass is 16.2. The Morgan fingerprint density at radius 3 is 2.69 bits per heavy atom. The van der Waals surface area contributed by atoms with Gasteiger partial charge < -0.3 is 15.1 Å². The normalized spacial score (nSPS) is 24.7. The van der Waals surface area contributed by atoms with E-state index in [1.807, 2.05) is 31.6 Å². The molecule has 8 heteroatoms. The average molecular weight is 474 g/mol. The highest BCUT2D eigenvalue weighted by molar-refractivity contribution is 5.81. The van der Waals surface area contributed by atoms with Crippen molar-refractivity contribution in [2.24, 2.45) is 13.0 Å². The van der Waals surface area contributed by atoms with Crippen LogP contribution in [0.2, 0.25) is 0 Å². The van der Waals surface area contributed by atoms with Gasteiger partial charge in [-0.2, -0.15) is 5.10 Å². The molecule has 8 nitrogen and oxygen atoms in total. The van der Waals surface area contributed by atoms with Crippen LogP contribution in [0.25, 0.3) is 0 Å². The van der Waals surface area contributed by atoms with Crippen molar-refractivity contribution in [2.45, 2.75) is 51.2 Å². The first-order valence-corrected chi connectivity index (χ1v) is 12.5. The molecule has 4 atom stereocenters. The lowest BCUT2D eigenvalue weighted by Gasteiger charge is -2.44. The van der Waals surface area contributed by atoms with E-state index in [9.17, 15) is 4.79 Å². The van der Waals surface area contributed by atoms with Crippen molar-refractivity contribution in [3.05, 3.63) is 71.3 Å². The number of carbonyl (C=O) groups excluding carboxylic acids is 1. The number of likely N-dealkylation sites (N-methyl/N-ethyl adjacent to an activating group) is 1. The number of piperidine rings is 1. The third kappa shape index (κ3) is 4.80.